The van der Waals surface area contributed by atoms with Gasteiger partial charge in [0.05, 0.1) is 17.7 Å². The number of aryl methyl sites for hydroxylation is 1. The minimum absolute atomic E-state index is 0.277. The molecule has 1 aliphatic rings. The average molecular weight is 289 g/mol. The van der Waals surface area contributed by atoms with Crippen molar-refractivity contribution >= 4 is 0 Å². The minimum Gasteiger partial charge on any atom is -0.387 e. The Balaban J connectivity index is 2.15. The third kappa shape index (κ3) is 3.13. The van der Waals surface area contributed by atoms with Gasteiger partial charge in [-0.1, -0.05) is 20.8 Å². The summed E-state index contributed by atoms with van der Waals surface area (Å²) in [7, 11) is 0. The van der Waals surface area contributed by atoms with Gasteiger partial charge in [0.15, 0.2) is 0 Å². The molecule has 1 fully saturated rings. The normalized spacial score (nSPS) is 28.1. The first-order valence-corrected chi connectivity index (χ1v) is 7.94. The molecule has 0 aliphatic heterocycles. The van der Waals surface area contributed by atoms with Gasteiger partial charge in [-0.3, -0.25) is 4.68 Å². The van der Waals surface area contributed by atoms with E-state index >= 15 is 0 Å². The van der Waals surface area contributed by atoms with Crippen molar-refractivity contribution < 1.29 is 5.11 Å². The molecule has 116 valence electrons. The second kappa shape index (κ2) is 5.81. The number of hydrogen-bond acceptors (Lipinski definition) is 3. The highest BCUT2D eigenvalue weighted by Gasteiger charge is 2.44. The molecule has 1 atom stereocenters. The lowest BCUT2D eigenvalue weighted by Gasteiger charge is -2.42. The molecule has 1 heterocycles. The van der Waals surface area contributed by atoms with Gasteiger partial charge in [-0.2, -0.15) is 10.4 Å². The Morgan fingerprint density at radius 2 is 2.10 bits per heavy atom. The Morgan fingerprint density at radius 1 is 1.48 bits per heavy atom. The maximum atomic E-state index is 10.7. The number of aliphatic hydroxyl groups excluding tert-OH is 1. The Labute approximate surface area is 127 Å². The van der Waals surface area contributed by atoms with Gasteiger partial charge in [0.1, 0.15) is 6.10 Å². The summed E-state index contributed by atoms with van der Waals surface area (Å²) in [5, 5.41) is 24.6. The zero-order valence-electron chi connectivity index (χ0n) is 13.6. The standard InChI is InChI=1S/C17H27N3O/c1-5-20-11-13(10-19-20)15(21)17(12-18)8-6-14(7-9-17)16(2,3)4/h10-11,14-15,21H,5-9H2,1-4H3. The first-order valence-electron chi connectivity index (χ1n) is 7.94. The molecule has 1 saturated carbocycles. The van der Waals surface area contributed by atoms with Crippen LogP contribution < -0.4 is 0 Å². The van der Waals surface area contributed by atoms with Gasteiger partial charge >= 0.3 is 0 Å². The van der Waals surface area contributed by atoms with Gasteiger partial charge < -0.3 is 5.11 Å². The van der Waals surface area contributed by atoms with E-state index in [0.717, 1.165) is 37.8 Å². The van der Waals surface area contributed by atoms with Gasteiger partial charge in [0.2, 0.25) is 0 Å². The SMILES string of the molecule is CCn1cc(C(O)C2(C#N)CCC(C(C)(C)C)CC2)cn1. The first kappa shape index (κ1) is 16.0. The van der Waals surface area contributed by atoms with Crippen LogP contribution in [0.4, 0.5) is 0 Å². The predicted molar refractivity (Wildman–Crippen MR) is 82.3 cm³/mol. The summed E-state index contributed by atoms with van der Waals surface area (Å²) >= 11 is 0. The molecule has 1 N–H and O–H groups in total. The van der Waals surface area contributed by atoms with Crippen LogP contribution in [0, 0.1) is 28.1 Å². The van der Waals surface area contributed by atoms with Crippen LogP contribution in [-0.2, 0) is 6.54 Å². The van der Waals surface area contributed by atoms with Gasteiger partial charge in [-0.25, -0.2) is 0 Å². The predicted octanol–water partition coefficient (Wildman–Crippen LogP) is 3.68. The zero-order valence-corrected chi connectivity index (χ0v) is 13.6. The number of nitriles is 1. The second-order valence-electron chi connectivity index (χ2n) is 7.44. The summed E-state index contributed by atoms with van der Waals surface area (Å²) in [6.07, 6.45) is 6.38. The van der Waals surface area contributed by atoms with Gasteiger partial charge in [-0.15, -0.1) is 0 Å². The molecule has 0 spiro atoms. The molecule has 0 radical (unpaired) electrons. The fourth-order valence-corrected chi connectivity index (χ4v) is 3.46. The maximum Gasteiger partial charge on any atom is 0.101 e. The third-order valence-corrected chi connectivity index (χ3v) is 5.14. The number of aliphatic hydroxyl groups is 1. The summed E-state index contributed by atoms with van der Waals surface area (Å²) in [4.78, 5) is 0. The molecule has 4 nitrogen and oxygen atoms in total. The number of rotatable bonds is 3. The van der Waals surface area contributed by atoms with E-state index in [4.69, 9.17) is 0 Å². The molecular weight excluding hydrogens is 262 g/mol. The molecular formula is C17H27N3O. The highest BCUT2D eigenvalue weighted by Crippen LogP contribution is 2.50. The van der Waals surface area contributed by atoms with E-state index in [9.17, 15) is 10.4 Å². The van der Waals surface area contributed by atoms with Crippen LogP contribution in [0.1, 0.15) is 65.0 Å². The van der Waals surface area contributed by atoms with Crippen LogP contribution in [0.25, 0.3) is 0 Å². The minimum atomic E-state index is -0.733. The Bertz CT molecular complexity index is 513. The fraction of sp³-hybridized carbons (Fsp3) is 0.765. The summed E-state index contributed by atoms with van der Waals surface area (Å²) in [5.74, 6) is 0.629. The van der Waals surface area contributed by atoms with Crippen LogP contribution in [0.5, 0.6) is 0 Å². The Kier molecular flexibility index (Phi) is 4.43. The lowest BCUT2D eigenvalue weighted by Crippen LogP contribution is -2.35. The molecule has 0 saturated heterocycles. The topological polar surface area (TPSA) is 61.8 Å². The van der Waals surface area contributed by atoms with Crippen molar-refractivity contribution in [2.45, 2.75) is 66.0 Å². The summed E-state index contributed by atoms with van der Waals surface area (Å²) in [6.45, 7) is 9.58. The smallest absolute Gasteiger partial charge is 0.101 e. The molecule has 21 heavy (non-hydrogen) atoms. The highest BCUT2D eigenvalue weighted by molar-refractivity contribution is 5.18. The number of hydrogen-bond donors (Lipinski definition) is 1. The molecule has 1 aliphatic carbocycles. The van der Waals surface area contributed by atoms with Crippen molar-refractivity contribution in [2.75, 3.05) is 0 Å². The van der Waals surface area contributed by atoms with Crippen molar-refractivity contribution in [1.29, 1.82) is 5.26 Å². The van der Waals surface area contributed by atoms with Crippen molar-refractivity contribution in [3.63, 3.8) is 0 Å². The van der Waals surface area contributed by atoms with E-state index in [-0.39, 0.29) is 5.41 Å². The fourth-order valence-electron chi connectivity index (χ4n) is 3.46. The molecule has 1 aromatic heterocycles. The van der Waals surface area contributed by atoms with Crippen LogP contribution >= 0.6 is 0 Å². The van der Waals surface area contributed by atoms with E-state index in [0.29, 0.717) is 5.92 Å². The molecule has 0 aromatic carbocycles. The van der Waals surface area contributed by atoms with Crippen LogP contribution in [0.15, 0.2) is 12.4 Å². The van der Waals surface area contributed by atoms with Crippen molar-refractivity contribution in [3.05, 3.63) is 18.0 Å². The van der Waals surface area contributed by atoms with Crippen LogP contribution in [0.3, 0.4) is 0 Å². The van der Waals surface area contributed by atoms with Gasteiger partial charge in [0, 0.05) is 18.3 Å². The monoisotopic (exact) mass is 289 g/mol. The van der Waals surface area contributed by atoms with Gasteiger partial charge in [-0.05, 0) is 43.9 Å². The number of nitrogens with zero attached hydrogens (tertiary/aromatic N) is 3. The summed E-state index contributed by atoms with van der Waals surface area (Å²) in [6, 6.07) is 2.43. The lowest BCUT2D eigenvalue weighted by molar-refractivity contribution is 0.00837. The van der Waals surface area contributed by atoms with E-state index < -0.39 is 11.5 Å². The van der Waals surface area contributed by atoms with Crippen LogP contribution in [0.2, 0.25) is 0 Å². The van der Waals surface area contributed by atoms with Gasteiger partial charge in [0.25, 0.3) is 0 Å². The molecule has 0 bridgehead atoms. The van der Waals surface area contributed by atoms with Crippen LogP contribution in [-0.4, -0.2) is 14.9 Å². The van der Waals surface area contributed by atoms with E-state index in [1.54, 1.807) is 10.9 Å². The van der Waals surface area contributed by atoms with Crippen molar-refractivity contribution in [2.24, 2.45) is 16.7 Å². The molecule has 1 unspecified atom stereocenters. The number of aromatic nitrogens is 2. The van der Waals surface area contributed by atoms with E-state index in [2.05, 4.69) is 31.9 Å². The third-order valence-electron chi connectivity index (χ3n) is 5.14. The van der Waals surface area contributed by atoms with E-state index in [1.165, 1.54) is 0 Å². The lowest BCUT2D eigenvalue weighted by atomic mass is 9.62. The second-order valence-corrected chi connectivity index (χ2v) is 7.44. The highest BCUT2D eigenvalue weighted by atomic mass is 16.3. The van der Waals surface area contributed by atoms with Crippen molar-refractivity contribution in [1.82, 2.24) is 9.78 Å². The Morgan fingerprint density at radius 3 is 2.52 bits per heavy atom. The largest absolute Gasteiger partial charge is 0.387 e. The molecule has 0 amide bonds. The maximum absolute atomic E-state index is 10.7. The van der Waals surface area contributed by atoms with Crippen molar-refractivity contribution in [3.8, 4) is 6.07 Å². The molecule has 4 heteroatoms. The van der Waals surface area contributed by atoms with E-state index in [1.807, 2.05) is 13.1 Å². The average Bonchev–Trinajstić information content (AvgIpc) is 2.94. The Hall–Kier alpha value is -1.34. The first-order chi connectivity index (χ1) is 9.82. The molecule has 1 aromatic rings. The summed E-state index contributed by atoms with van der Waals surface area (Å²) in [5.41, 5.74) is 0.399. The molecule has 2 rings (SSSR count). The zero-order chi connectivity index (χ0) is 15.7. The summed E-state index contributed by atoms with van der Waals surface area (Å²) < 4.78 is 1.80. The quantitative estimate of drug-likeness (QED) is 0.923.